The highest BCUT2D eigenvalue weighted by atomic mass is 32.1. The molecule has 0 bridgehead atoms. The summed E-state index contributed by atoms with van der Waals surface area (Å²) in [6.45, 7) is 5.99. The Hall–Kier alpha value is -0.710. The Bertz CT molecular complexity index is 272. The summed E-state index contributed by atoms with van der Waals surface area (Å²) in [5.41, 5.74) is -0.524. The Morgan fingerprint density at radius 3 is 2.47 bits per heavy atom. The van der Waals surface area contributed by atoms with E-state index in [1.165, 1.54) is 4.90 Å². The predicted octanol–water partition coefficient (Wildman–Crippen LogP) is 1.84. The highest BCUT2D eigenvalue weighted by Gasteiger charge is 2.35. The Morgan fingerprint density at radius 2 is 2.00 bits per heavy atom. The SMILES string of the molecule is CC(C)(C)OC(=O)N1CCCC1C(=O)S. The molecule has 1 rings (SSSR count). The predicted molar refractivity (Wildman–Crippen MR) is 60.0 cm³/mol. The van der Waals surface area contributed by atoms with Crippen LogP contribution >= 0.6 is 12.6 Å². The van der Waals surface area contributed by atoms with Crippen molar-refractivity contribution in [3.05, 3.63) is 0 Å². The molecule has 1 atom stereocenters. The van der Waals surface area contributed by atoms with Crippen LogP contribution in [0.25, 0.3) is 0 Å². The maximum absolute atomic E-state index is 11.7. The van der Waals surface area contributed by atoms with Crippen LogP contribution in [-0.2, 0) is 9.53 Å². The molecular formula is C10H17NO3S. The lowest BCUT2D eigenvalue weighted by molar-refractivity contribution is -0.114. The van der Waals surface area contributed by atoms with Crippen molar-refractivity contribution in [3.63, 3.8) is 0 Å². The highest BCUT2D eigenvalue weighted by Crippen LogP contribution is 2.22. The summed E-state index contributed by atoms with van der Waals surface area (Å²) in [5.74, 6) is 0. The zero-order valence-electron chi connectivity index (χ0n) is 9.32. The van der Waals surface area contributed by atoms with E-state index in [0.717, 1.165) is 6.42 Å². The topological polar surface area (TPSA) is 46.6 Å². The van der Waals surface area contributed by atoms with Crippen molar-refractivity contribution in [1.29, 1.82) is 0 Å². The molecule has 0 aromatic rings. The van der Waals surface area contributed by atoms with Gasteiger partial charge in [-0.1, -0.05) is 0 Å². The van der Waals surface area contributed by atoms with Crippen LogP contribution in [0.15, 0.2) is 0 Å². The summed E-state index contributed by atoms with van der Waals surface area (Å²) in [6, 6.07) is -0.414. The number of carbonyl (C=O) groups excluding carboxylic acids is 2. The van der Waals surface area contributed by atoms with Gasteiger partial charge in [0.05, 0.1) is 0 Å². The number of nitrogens with zero attached hydrogens (tertiary/aromatic N) is 1. The first-order valence-corrected chi connectivity index (χ1v) is 5.48. The zero-order valence-corrected chi connectivity index (χ0v) is 10.2. The molecular weight excluding hydrogens is 214 g/mol. The van der Waals surface area contributed by atoms with Crippen molar-refractivity contribution < 1.29 is 14.3 Å². The molecule has 0 N–H and O–H groups in total. The number of carbonyl (C=O) groups is 2. The Balaban J connectivity index is 2.63. The summed E-state index contributed by atoms with van der Waals surface area (Å²) in [7, 11) is 0. The monoisotopic (exact) mass is 231 g/mol. The maximum atomic E-state index is 11.7. The molecule has 1 unspecified atom stereocenters. The van der Waals surface area contributed by atoms with Crippen LogP contribution in [0.1, 0.15) is 33.6 Å². The minimum atomic E-state index is -0.524. The van der Waals surface area contributed by atoms with Gasteiger partial charge in [0.2, 0.25) is 5.12 Å². The summed E-state index contributed by atoms with van der Waals surface area (Å²) in [5, 5.41) is -0.265. The van der Waals surface area contributed by atoms with Crippen LogP contribution in [0, 0.1) is 0 Å². The van der Waals surface area contributed by atoms with Crippen LogP contribution in [0.3, 0.4) is 0 Å². The summed E-state index contributed by atoms with van der Waals surface area (Å²) in [4.78, 5) is 24.3. The van der Waals surface area contributed by atoms with E-state index in [1.807, 2.05) is 0 Å². The van der Waals surface area contributed by atoms with E-state index in [9.17, 15) is 9.59 Å². The first-order valence-electron chi connectivity index (χ1n) is 5.04. The van der Waals surface area contributed by atoms with Gasteiger partial charge in [0.1, 0.15) is 11.6 Å². The Kier molecular flexibility index (Phi) is 3.65. The van der Waals surface area contributed by atoms with Crippen molar-refractivity contribution in [3.8, 4) is 0 Å². The van der Waals surface area contributed by atoms with Crippen molar-refractivity contribution in [2.24, 2.45) is 0 Å². The molecule has 0 saturated carbocycles. The molecule has 1 fully saturated rings. The third-order valence-corrected chi connectivity index (χ3v) is 2.46. The van der Waals surface area contributed by atoms with Gasteiger partial charge in [0.15, 0.2) is 0 Å². The van der Waals surface area contributed by atoms with E-state index < -0.39 is 17.7 Å². The van der Waals surface area contributed by atoms with Crippen LogP contribution in [-0.4, -0.2) is 34.3 Å². The van der Waals surface area contributed by atoms with Gasteiger partial charge in [-0.05, 0) is 33.6 Å². The highest BCUT2D eigenvalue weighted by molar-refractivity contribution is 7.96. The average molecular weight is 231 g/mol. The molecule has 1 saturated heterocycles. The molecule has 0 aliphatic carbocycles. The van der Waals surface area contributed by atoms with E-state index in [4.69, 9.17) is 4.74 Å². The second kappa shape index (κ2) is 4.43. The van der Waals surface area contributed by atoms with Gasteiger partial charge in [-0.25, -0.2) is 4.79 Å². The van der Waals surface area contributed by atoms with Crippen LogP contribution < -0.4 is 0 Å². The summed E-state index contributed by atoms with van der Waals surface area (Å²) >= 11 is 3.77. The lowest BCUT2D eigenvalue weighted by Gasteiger charge is -2.27. The molecule has 0 radical (unpaired) electrons. The number of thiol groups is 1. The van der Waals surface area contributed by atoms with Gasteiger partial charge in [-0.3, -0.25) is 9.69 Å². The molecule has 15 heavy (non-hydrogen) atoms. The van der Waals surface area contributed by atoms with Crippen molar-refractivity contribution in [2.45, 2.75) is 45.3 Å². The third-order valence-electron chi connectivity index (χ3n) is 2.17. The first-order chi connectivity index (χ1) is 6.81. The molecule has 0 aromatic carbocycles. The molecule has 1 amide bonds. The van der Waals surface area contributed by atoms with Crippen molar-refractivity contribution in [2.75, 3.05) is 6.54 Å². The minimum Gasteiger partial charge on any atom is -0.444 e. The number of hydrogen-bond donors (Lipinski definition) is 1. The molecule has 0 spiro atoms. The van der Waals surface area contributed by atoms with Gasteiger partial charge in [-0.15, -0.1) is 12.6 Å². The molecule has 86 valence electrons. The Labute approximate surface area is 95.4 Å². The van der Waals surface area contributed by atoms with E-state index in [1.54, 1.807) is 20.8 Å². The fraction of sp³-hybridized carbons (Fsp3) is 0.800. The van der Waals surface area contributed by atoms with E-state index in [0.29, 0.717) is 13.0 Å². The minimum absolute atomic E-state index is 0.265. The molecule has 1 heterocycles. The number of hydrogen-bond acceptors (Lipinski definition) is 3. The van der Waals surface area contributed by atoms with E-state index >= 15 is 0 Å². The number of ether oxygens (including phenoxy) is 1. The van der Waals surface area contributed by atoms with Crippen molar-refractivity contribution in [1.82, 2.24) is 4.90 Å². The first kappa shape index (κ1) is 12.4. The standard InChI is InChI=1S/C10H17NO3S/c1-10(2,3)14-9(13)11-6-4-5-7(11)8(12)15/h7H,4-6H2,1-3H3,(H,12,15). The second-order valence-corrected chi connectivity index (χ2v) is 5.11. The number of amides is 1. The third kappa shape index (κ3) is 3.41. The fourth-order valence-corrected chi connectivity index (χ4v) is 1.83. The lowest BCUT2D eigenvalue weighted by atomic mass is 10.2. The quantitative estimate of drug-likeness (QED) is 0.700. The summed E-state index contributed by atoms with van der Waals surface area (Å²) in [6.07, 6.45) is 1.09. The van der Waals surface area contributed by atoms with Gasteiger partial charge >= 0.3 is 6.09 Å². The van der Waals surface area contributed by atoms with Gasteiger partial charge in [-0.2, -0.15) is 0 Å². The maximum Gasteiger partial charge on any atom is 0.410 e. The van der Waals surface area contributed by atoms with Crippen molar-refractivity contribution >= 4 is 23.8 Å². The van der Waals surface area contributed by atoms with Crippen LogP contribution in [0.4, 0.5) is 4.79 Å². The fourth-order valence-electron chi connectivity index (χ4n) is 1.56. The van der Waals surface area contributed by atoms with Crippen LogP contribution in [0.2, 0.25) is 0 Å². The average Bonchev–Trinajstić information content (AvgIpc) is 2.47. The zero-order chi connectivity index (χ0) is 11.6. The molecule has 4 nitrogen and oxygen atoms in total. The molecule has 1 aliphatic heterocycles. The number of likely N-dealkylation sites (tertiary alicyclic amines) is 1. The normalized spacial score (nSPS) is 21.6. The smallest absolute Gasteiger partial charge is 0.410 e. The van der Waals surface area contributed by atoms with Gasteiger partial charge < -0.3 is 4.74 Å². The molecule has 5 heteroatoms. The molecule has 1 aliphatic rings. The number of rotatable bonds is 1. The lowest BCUT2D eigenvalue weighted by Crippen LogP contribution is -2.42. The Morgan fingerprint density at radius 1 is 1.40 bits per heavy atom. The van der Waals surface area contributed by atoms with E-state index in [2.05, 4.69) is 12.6 Å². The summed E-state index contributed by atoms with van der Waals surface area (Å²) < 4.78 is 5.20. The van der Waals surface area contributed by atoms with E-state index in [-0.39, 0.29) is 5.12 Å². The van der Waals surface area contributed by atoms with Gasteiger partial charge in [0.25, 0.3) is 0 Å². The molecule has 0 aromatic heterocycles. The second-order valence-electron chi connectivity index (χ2n) is 4.67. The van der Waals surface area contributed by atoms with Crippen LogP contribution in [0.5, 0.6) is 0 Å². The largest absolute Gasteiger partial charge is 0.444 e. The van der Waals surface area contributed by atoms with Gasteiger partial charge in [0, 0.05) is 6.54 Å².